The molecule has 0 saturated heterocycles. The van der Waals surface area contributed by atoms with E-state index >= 15 is 0 Å². The molecule has 0 amide bonds. The van der Waals surface area contributed by atoms with E-state index in [4.69, 9.17) is 18.9 Å². The van der Waals surface area contributed by atoms with Gasteiger partial charge in [0, 0.05) is 5.92 Å². The summed E-state index contributed by atoms with van der Waals surface area (Å²) in [7, 11) is 6.71. The first kappa shape index (κ1) is 18.4. The molecule has 0 bridgehead atoms. The van der Waals surface area contributed by atoms with E-state index in [-0.39, 0.29) is 5.92 Å². The third kappa shape index (κ3) is 2.87. The minimum Gasteiger partial charge on any atom is -0.493 e. The van der Waals surface area contributed by atoms with Crippen molar-refractivity contribution >= 4 is 0 Å². The summed E-state index contributed by atoms with van der Waals surface area (Å²) in [5, 5.41) is 0. The molecule has 0 heterocycles. The van der Waals surface area contributed by atoms with E-state index < -0.39 is 0 Å². The minimum atomic E-state index is 0.287. The summed E-state index contributed by atoms with van der Waals surface area (Å²) in [6.45, 7) is 4.58. The zero-order valence-electron chi connectivity index (χ0n) is 16.5. The number of methoxy groups -OCH3 is 4. The summed E-state index contributed by atoms with van der Waals surface area (Å²) in [6, 6.07) is 10.5. The molecule has 0 spiro atoms. The summed E-state index contributed by atoms with van der Waals surface area (Å²) in [6.07, 6.45) is 1.09. The molecule has 26 heavy (non-hydrogen) atoms. The van der Waals surface area contributed by atoms with Gasteiger partial charge >= 0.3 is 0 Å². The van der Waals surface area contributed by atoms with Crippen LogP contribution in [0, 0.1) is 5.92 Å². The first-order chi connectivity index (χ1) is 12.6. The van der Waals surface area contributed by atoms with Crippen LogP contribution in [0.2, 0.25) is 0 Å². The van der Waals surface area contributed by atoms with E-state index in [0.717, 1.165) is 29.4 Å². The van der Waals surface area contributed by atoms with Crippen molar-refractivity contribution in [3.8, 4) is 23.0 Å². The van der Waals surface area contributed by atoms with Gasteiger partial charge in [-0.3, -0.25) is 0 Å². The van der Waals surface area contributed by atoms with Crippen molar-refractivity contribution in [1.82, 2.24) is 0 Å². The molecule has 3 atom stereocenters. The van der Waals surface area contributed by atoms with Gasteiger partial charge in [0.05, 0.1) is 28.4 Å². The first-order valence-electron chi connectivity index (χ1n) is 9.07. The molecule has 2 aromatic carbocycles. The van der Waals surface area contributed by atoms with Gasteiger partial charge < -0.3 is 18.9 Å². The first-order valence-corrected chi connectivity index (χ1v) is 9.07. The molecule has 4 heteroatoms. The molecular weight excluding hydrogens is 328 g/mol. The zero-order chi connectivity index (χ0) is 18.8. The van der Waals surface area contributed by atoms with E-state index in [9.17, 15) is 0 Å². The van der Waals surface area contributed by atoms with Crippen molar-refractivity contribution < 1.29 is 18.9 Å². The Kier molecular flexibility index (Phi) is 5.30. The minimum absolute atomic E-state index is 0.287. The van der Waals surface area contributed by atoms with Crippen molar-refractivity contribution in [2.45, 2.75) is 32.1 Å². The van der Waals surface area contributed by atoms with Gasteiger partial charge in [-0.2, -0.15) is 0 Å². The van der Waals surface area contributed by atoms with Crippen LogP contribution >= 0.6 is 0 Å². The third-order valence-electron chi connectivity index (χ3n) is 5.69. The number of ether oxygens (including phenoxy) is 4. The van der Waals surface area contributed by atoms with Crippen LogP contribution in [0.25, 0.3) is 0 Å². The van der Waals surface area contributed by atoms with Crippen molar-refractivity contribution in [3.05, 3.63) is 47.0 Å². The lowest BCUT2D eigenvalue weighted by molar-refractivity contribution is 0.353. The topological polar surface area (TPSA) is 36.9 Å². The predicted molar refractivity (Wildman–Crippen MR) is 103 cm³/mol. The predicted octanol–water partition coefficient (Wildman–Crippen LogP) is 5.00. The maximum atomic E-state index is 5.56. The van der Waals surface area contributed by atoms with Crippen LogP contribution in [0.5, 0.6) is 23.0 Å². The molecule has 4 nitrogen and oxygen atoms in total. The second-order valence-electron chi connectivity index (χ2n) is 6.80. The Bertz CT molecular complexity index is 784. The van der Waals surface area contributed by atoms with Gasteiger partial charge in [-0.05, 0) is 59.2 Å². The standard InChI is InChI=1S/C22H28O4/c1-7-15-13(2)22(14-8-9-18(23-3)19(10-14)24-4)17-12-21(26-6)20(25-5)11-16(15)17/h8-13,15,22H,7H2,1-6H3. The third-order valence-corrected chi connectivity index (χ3v) is 5.69. The molecule has 2 aromatic rings. The number of hydrogen-bond donors (Lipinski definition) is 0. The van der Waals surface area contributed by atoms with Crippen LogP contribution in [0.15, 0.2) is 30.3 Å². The molecule has 1 aliphatic carbocycles. The average Bonchev–Trinajstić information content (AvgIpc) is 2.96. The van der Waals surface area contributed by atoms with E-state index in [2.05, 4.69) is 38.1 Å². The molecule has 0 N–H and O–H groups in total. The molecule has 0 fully saturated rings. The lowest BCUT2D eigenvalue weighted by Crippen LogP contribution is -2.09. The highest BCUT2D eigenvalue weighted by atomic mass is 16.5. The molecule has 0 radical (unpaired) electrons. The lowest BCUT2D eigenvalue weighted by Gasteiger charge is -2.22. The SMILES string of the molecule is CCC1c2cc(OC)c(OC)cc2C(c2ccc(OC)c(OC)c2)C1C. The Labute approximate surface area is 156 Å². The van der Waals surface area contributed by atoms with Crippen LogP contribution in [0.1, 0.15) is 48.8 Å². The molecule has 3 rings (SSSR count). The summed E-state index contributed by atoms with van der Waals surface area (Å²) >= 11 is 0. The maximum Gasteiger partial charge on any atom is 0.161 e. The Morgan fingerprint density at radius 1 is 0.731 bits per heavy atom. The number of hydrogen-bond acceptors (Lipinski definition) is 4. The fourth-order valence-corrected chi connectivity index (χ4v) is 4.42. The maximum absolute atomic E-state index is 5.56. The van der Waals surface area contributed by atoms with Crippen LogP contribution in [-0.2, 0) is 0 Å². The van der Waals surface area contributed by atoms with Gasteiger partial charge in [0.25, 0.3) is 0 Å². The van der Waals surface area contributed by atoms with E-state index in [0.29, 0.717) is 11.8 Å². The Morgan fingerprint density at radius 2 is 1.27 bits per heavy atom. The molecule has 1 aliphatic rings. The smallest absolute Gasteiger partial charge is 0.161 e. The molecule has 0 saturated carbocycles. The van der Waals surface area contributed by atoms with Crippen molar-refractivity contribution in [1.29, 1.82) is 0 Å². The van der Waals surface area contributed by atoms with Gasteiger partial charge in [0.2, 0.25) is 0 Å². The number of rotatable bonds is 6. The number of benzene rings is 2. The van der Waals surface area contributed by atoms with Crippen LogP contribution < -0.4 is 18.9 Å². The molecule has 0 aliphatic heterocycles. The largest absolute Gasteiger partial charge is 0.493 e. The highest BCUT2D eigenvalue weighted by Crippen LogP contribution is 2.54. The molecule has 0 aromatic heterocycles. The summed E-state index contributed by atoms with van der Waals surface area (Å²) in [5.74, 6) is 4.34. The highest BCUT2D eigenvalue weighted by molar-refractivity contribution is 5.56. The van der Waals surface area contributed by atoms with Gasteiger partial charge in [0.15, 0.2) is 23.0 Å². The molecule has 140 valence electrons. The van der Waals surface area contributed by atoms with Crippen molar-refractivity contribution in [3.63, 3.8) is 0 Å². The molecular formula is C22H28O4. The lowest BCUT2D eigenvalue weighted by atomic mass is 9.83. The second kappa shape index (κ2) is 7.48. The van der Waals surface area contributed by atoms with Gasteiger partial charge in [-0.25, -0.2) is 0 Å². The summed E-state index contributed by atoms with van der Waals surface area (Å²) < 4.78 is 22.0. The summed E-state index contributed by atoms with van der Waals surface area (Å²) in [5.41, 5.74) is 3.91. The summed E-state index contributed by atoms with van der Waals surface area (Å²) in [4.78, 5) is 0. The zero-order valence-corrected chi connectivity index (χ0v) is 16.5. The highest BCUT2D eigenvalue weighted by Gasteiger charge is 2.39. The van der Waals surface area contributed by atoms with Gasteiger partial charge in [-0.15, -0.1) is 0 Å². The molecule has 3 unspecified atom stereocenters. The van der Waals surface area contributed by atoms with Crippen molar-refractivity contribution in [2.75, 3.05) is 28.4 Å². The Balaban J connectivity index is 2.15. The fraction of sp³-hybridized carbons (Fsp3) is 0.455. The van der Waals surface area contributed by atoms with Crippen LogP contribution in [-0.4, -0.2) is 28.4 Å². The van der Waals surface area contributed by atoms with E-state index in [1.165, 1.54) is 16.7 Å². The number of fused-ring (bicyclic) bond motifs is 1. The van der Waals surface area contributed by atoms with E-state index in [1.54, 1.807) is 28.4 Å². The van der Waals surface area contributed by atoms with Crippen LogP contribution in [0.4, 0.5) is 0 Å². The van der Waals surface area contributed by atoms with Gasteiger partial charge in [-0.1, -0.05) is 19.9 Å². The Hall–Kier alpha value is -2.36. The normalized spacial score (nSPS) is 21.2. The van der Waals surface area contributed by atoms with Crippen molar-refractivity contribution in [2.24, 2.45) is 5.92 Å². The van der Waals surface area contributed by atoms with Crippen LogP contribution in [0.3, 0.4) is 0 Å². The average molecular weight is 356 g/mol. The monoisotopic (exact) mass is 356 g/mol. The fourth-order valence-electron chi connectivity index (χ4n) is 4.42. The van der Waals surface area contributed by atoms with Gasteiger partial charge in [0.1, 0.15) is 0 Å². The quantitative estimate of drug-likeness (QED) is 0.730. The second-order valence-corrected chi connectivity index (χ2v) is 6.80. The Morgan fingerprint density at radius 3 is 1.81 bits per heavy atom. The van der Waals surface area contributed by atoms with E-state index in [1.807, 2.05) is 6.07 Å².